The lowest BCUT2D eigenvalue weighted by Gasteiger charge is -2.33. The third-order valence-electron chi connectivity index (χ3n) is 4.64. The maximum absolute atomic E-state index is 12.6. The average molecular weight is 365 g/mol. The summed E-state index contributed by atoms with van der Waals surface area (Å²) in [6.07, 6.45) is 2.65. The third kappa shape index (κ3) is 3.92. The highest BCUT2D eigenvalue weighted by molar-refractivity contribution is 7.13. The van der Waals surface area contributed by atoms with Crippen molar-refractivity contribution < 1.29 is 14.4 Å². The molecule has 9 heteroatoms. The van der Waals surface area contributed by atoms with E-state index in [-0.39, 0.29) is 12.5 Å². The van der Waals surface area contributed by atoms with Crippen LogP contribution in [0.4, 0.5) is 5.13 Å². The Morgan fingerprint density at radius 1 is 1.08 bits per heavy atom. The zero-order chi connectivity index (χ0) is 17.8. The van der Waals surface area contributed by atoms with Gasteiger partial charge in [0.1, 0.15) is 6.54 Å². The molecule has 1 aromatic rings. The van der Waals surface area contributed by atoms with Crippen molar-refractivity contribution in [3.63, 3.8) is 0 Å². The van der Waals surface area contributed by atoms with Gasteiger partial charge in [0, 0.05) is 57.4 Å². The first kappa shape index (κ1) is 17.7. The van der Waals surface area contributed by atoms with E-state index in [0.29, 0.717) is 32.7 Å². The molecule has 1 aromatic heterocycles. The van der Waals surface area contributed by atoms with Gasteiger partial charge in [0.2, 0.25) is 5.91 Å². The molecule has 2 aliphatic heterocycles. The van der Waals surface area contributed by atoms with Crippen molar-refractivity contribution in [1.29, 1.82) is 0 Å². The summed E-state index contributed by atoms with van der Waals surface area (Å²) in [6, 6.07) is 0. The van der Waals surface area contributed by atoms with E-state index in [1.165, 1.54) is 9.80 Å². The normalized spacial score (nSPS) is 19.4. The average Bonchev–Trinajstić information content (AvgIpc) is 3.03. The Balaban J connectivity index is 1.55. The van der Waals surface area contributed by atoms with Crippen LogP contribution >= 0.6 is 11.3 Å². The van der Waals surface area contributed by atoms with Gasteiger partial charge in [-0.25, -0.2) is 4.98 Å². The van der Waals surface area contributed by atoms with Gasteiger partial charge in [-0.05, 0) is 13.3 Å². The van der Waals surface area contributed by atoms with Crippen LogP contribution in [0.1, 0.15) is 13.3 Å². The minimum atomic E-state index is -0.569. The zero-order valence-electron chi connectivity index (χ0n) is 14.4. The van der Waals surface area contributed by atoms with Crippen molar-refractivity contribution in [1.82, 2.24) is 19.7 Å². The number of aromatic nitrogens is 1. The van der Waals surface area contributed by atoms with Gasteiger partial charge in [0.05, 0.1) is 0 Å². The summed E-state index contributed by atoms with van der Waals surface area (Å²) in [5, 5.41) is 2.92. The molecule has 0 aromatic carbocycles. The monoisotopic (exact) mass is 365 g/mol. The summed E-state index contributed by atoms with van der Waals surface area (Å²) in [7, 11) is 0. The first-order valence-corrected chi connectivity index (χ1v) is 9.48. The second-order valence-corrected chi connectivity index (χ2v) is 7.02. The van der Waals surface area contributed by atoms with Gasteiger partial charge in [-0.15, -0.1) is 11.3 Å². The molecule has 2 fully saturated rings. The number of rotatable bonds is 4. The maximum Gasteiger partial charge on any atom is 0.312 e. The van der Waals surface area contributed by atoms with Crippen LogP contribution in [0.25, 0.3) is 0 Å². The molecule has 0 atom stereocenters. The third-order valence-corrected chi connectivity index (χ3v) is 5.48. The Kier molecular flexibility index (Phi) is 5.52. The smallest absolute Gasteiger partial charge is 0.312 e. The summed E-state index contributed by atoms with van der Waals surface area (Å²) in [5.74, 6) is -1.17. The molecule has 25 heavy (non-hydrogen) atoms. The van der Waals surface area contributed by atoms with Crippen molar-refractivity contribution in [3.8, 4) is 0 Å². The number of anilines is 1. The molecule has 0 N–H and O–H groups in total. The van der Waals surface area contributed by atoms with E-state index in [9.17, 15) is 14.4 Å². The van der Waals surface area contributed by atoms with Gasteiger partial charge in [-0.1, -0.05) is 0 Å². The van der Waals surface area contributed by atoms with E-state index in [0.717, 1.165) is 24.6 Å². The van der Waals surface area contributed by atoms with Gasteiger partial charge < -0.3 is 19.6 Å². The van der Waals surface area contributed by atoms with Gasteiger partial charge in [0.15, 0.2) is 5.13 Å². The topological polar surface area (TPSA) is 77.1 Å². The highest BCUT2D eigenvalue weighted by Gasteiger charge is 2.33. The molecular formula is C16H23N5O3S. The largest absolute Gasteiger partial charge is 0.346 e. The van der Waals surface area contributed by atoms with E-state index in [1.807, 2.05) is 12.3 Å². The van der Waals surface area contributed by atoms with Gasteiger partial charge in [-0.2, -0.15) is 0 Å². The molecule has 136 valence electrons. The Bertz CT molecular complexity index is 636. The number of likely N-dealkylation sites (N-methyl/N-ethyl adjacent to an activating group) is 1. The fourth-order valence-electron chi connectivity index (χ4n) is 3.16. The molecule has 0 aliphatic carbocycles. The van der Waals surface area contributed by atoms with E-state index in [4.69, 9.17) is 0 Å². The fraction of sp³-hybridized carbons (Fsp3) is 0.625. The van der Waals surface area contributed by atoms with Crippen LogP contribution in [0, 0.1) is 0 Å². The van der Waals surface area contributed by atoms with Crippen LogP contribution in [0.3, 0.4) is 0 Å². The number of hydrogen-bond donors (Lipinski definition) is 0. The Morgan fingerprint density at radius 2 is 1.84 bits per heavy atom. The van der Waals surface area contributed by atoms with Crippen molar-refractivity contribution >= 4 is 34.2 Å². The summed E-state index contributed by atoms with van der Waals surface area (Å²) in [4.78, 5) is 47.9. The molecule has 8 nitrogen and oxygen atoms in total. The highest BCUT2D eigenvalue weighted by Crippen LogP contribution is 2.19. The highest BCUT2D eigenvalue weighted by atomic mass is 32.1. The van der Waals surface area contributed by atoms with Crippen LogP contribution < -0.4 is 4.90 Å². The molecule has 3 amide bonds. The van der Waals surface area contributed by atoms with Crippen LogP contribution in [0.5, 0.6) is 0 Å². The second-order valence-electron chi connectivity index (χ2n) is 6.15. The summed E-state index contributed by atoms with van der Waals surface area (Å²) < 4.78 is 0. The summed E-state index contributed by atoms with van der Waals surface area (Å²) in [6.45, 7) is 6.13. The molecule has 0 saturated carbocycles. The van der Waals surface area contributed by atoms with E-state index < -0.39 is 11.8 Å². The zero-order valence-corrected chi connectivity index (χ0v) is 15.2. The van der Waals surface area contributed by atoms with Crippen molar-refractivity contribution in [2.75, 3.05) is 57.3 Å². The molecular weight excluding hydrogens is 342 g/mol. The number of hydrogen-bond acceptors (Lipinski definition) is 6. The first-order chi connectivity index (χ1) is 12.1. The predicted molar refractivity (Wildman–Crippen MR) is 94.4 cm³/mol. The molecule has 0 bridgehead atoms. The SMILES string of the molecule is CCN1CCN(CC(=O)N2CCCN(c3nccs3)CC2)C(=O)C1=O. The van der Waals surface area contributed by atoms with Crippen molar-refractivity contribution in [2.24, 2.45) is 0 Å². The Morgan fingerprint density at radius 3 is 2.56 bits per heavy atom. The van der Waals surface area contributed by atoms with E-state index in [2.05, 4.69) is 9.88 Å². The summed E-state index contributed by atoms with van der Waals surface area (Å²) in [5.41, 5.74) is 0. The van der Waals surface area contributed by atoms with Crippen LogP contribution in [0.2, 0.25) is 0 Å². The minimum Gasteiger partial charge on any atom is -0.346 e. The Hall–Kier alpha value is -2.16. The fourth-order valence-corrected chi connectivity index (χ4v) is 3.86. The van der Waals surface area contributed by atoms with Crippen LogP contribution in [-0.4, -0.2) is 89.8 Å². The van der Waals surface area contributed by atoms with E-state index >= 15 is 0 Å². The van der Waals surface area contributed by atoms with Crippen LogP contribution in [-0.2, 0) is 14.4 Å². The predicted octanol–water partition coefficient (Wildman–Crippen LogP) is -0.127. The van der Waals surface area contributed by atoms with Crippen molar-refractivity contribution in [2.45, 2.75) is 13.3 Å². The number of piperazine rings is 1. The first-order valence-electron chi connectivity index (χ1n) is 8.60. The molecule has 0 unspecified atom stereocenters. The molecule has 0 radical (unpaired) electrons. The number of carbonyl (C=O) groups is 3. The lowest BCUT2D eigenvalue weighted by Crippen LogP contribution is -2.56. The van der Waals surface area contributed by atoms with Gasteiger partial charge >= 0.3 is 11.8 Å². The maximum atomic E-state index is 12.6. The molecule has 2 aliphatic rings. The standard InChI is InChI=1S/C16H23N5O3S/c1-2-18-7-10-21(15(24)14(18)23)12-13(22)19-5-3-6-20(9-8-19)16-17-4-11-25-16/h4,11H,2-3,5-10,12H2,1H3. The molecule has 2 saturated heterocycles. The van der Waals surface area contributed by atoms with Gasteiger partial charge in [-0.3, -0.25) is 14.4 Å². The number of amides is 3. The number of nitrogens with zero attached hydrogens (tertiary/aromatic N) is 5. The molecule has 3 heterocycles. The number of carbonyl (C=O) groups excluding carboxylic acids is 3. The summed E-state index contributed by atoms with van der Waals surface area (Å²) >= 11 is 1.60. The quantitative estimate of drug-likeness (QED) is 0.695. The molecule has 0 spiro atoms. The Labute approximate surface area is 151 Å². The molecule has 3 rings (SSSR count). The lowest BCUT2D eigenvalue weighted by atomic mass is 10.2. The second kappa shape index (κ2) is 7.81. The van der Waals surface area contributed by atoms with Gasteiger partial charge in [0.25, 0.3) is 0 Å². The lowest BCUT2D eigenvalue weighted by molar-refractivity contribution is -0.157. The minimum absolute atomic E-state index is 0.0145. The van der Waals surface area contributed by atoms with E-state index in [1.54, 1.807) is 22.4 Å². The van der Waals surface area contributed by atoms with Crippen molar-refractivity contribution in [3.05, 3.63) is 11.6 Å². The van der Waals surface area contributed by atoms with Crippen LogP contribution in [0.15, 0.2) is 11.6 Å². The number of thiazole rings is 1.